The number of ether oxygens (including phenoxy) is 1. The molecule has 86 valence electrons. The molecule has 4 heteroatoms. The van der Waals surface area contributed by atoms with Gasteiger partial charge < -0.3 is 10.1 Å². The maximum atomic E-state index is 5.11. The lowest BCUT2D eigenvalue weighted by Gasteiger charge is -2.10. The van der Waals surface area contributed by atoms with E-state index < -0.39 is 0 Å². The Bertz CT molecular complexity index is 592. The molecule has 0 fully saturated rings. The monoisotopic (exact) mass is 227 g/mol. The Morgan fingerprint density at radius 3 is 3.18 bits per heavy atom. The van der Waals surface area contributed by atoms with Gasteiger partial charge in [0.1, 0.15) is 0 Å². The fourth-order valence-electron chi connectivity index (χ4n) is 2.00. The first-order valence-corrected chi connectivity index (χ1v) is 5.62. The molecule has 3 rings (SSSR count). The van der Waals surface area contributed by atoms with E-state index in [1.54, 1.807) is 7.11 Å². The maximum Gasteiger partial charge on any atom is 0.215 e. The van der Waals surface area contributed by atoms with Gasteiger partial charge in [-0.1, -0.05) is 12.2 Å². The van der Waals surface area contributed by atoms with Gasteiger partial charge in [0.2, 0.25) is 5.88 Å². The molecule has 0 spiro atoms. The molecule has 1 aliphatic rings. The highest BCUT2D eigenvalue weighted by Crippen LogP contribution is 2.28. The second-order valence-electron chi connectivity index (χ2n) is 3.93. The average molecular weight is 227 g/mol. The van der Waals surface area contributed by atoms with E-state index in [0.29, 0.717) is 11.5 Å². The van der Waals surface area contributed by atoms with Gasteiger partial charge in [-0.15, -0.1) is 0 Å². The summed E-state index contributed by atoms with van der Waals surface area (Å²) in [5, 5.41) is 4.46. The van der Waals surface area contributed by atoms with Crippen molar-refractivity contribution in [1.82, 2.24) is 9.97 Å². The van der Waals surface area contributed by atoms with Crippen LogP contribution in [-0.4, -0.2) is 23.6 Å². The fraction of sp³-hybridized carbons (Fsp3) is 0.231. The van der Waals surface area contributed by atoms with Gasteiger partial charge in [0.05, 0.1) is 12.8 Å². The number of hydrogen-bond acceptors (Lipinski definition) is 4. The summed E-state index contributed by atoms with van der Waals surface area (Å²) in [7, 11) is 1.61. The van der Waals surface area contributed by atoms with Gasteiger partial charge in [0, 0.05) is 29.8 Å². The lowest BCUT2D eigenvalue weighted by molar-refractivity contribution is 0.399. The van der Waals surface area contributed by atoms with E-state index in [0.717, 1.165) is 29.6 Å². The van der Waals surface area contributed by atoms with Gasteiger partial charge in [0.25, 0.3) is 0 Å². The summed E-state index contributed by atoms with van der Waals surface area (Å²) in [5.41, 5.74) is 2.94. The summed E-state index contributed by atoms with van der Waals surface area (Å²) in [6.45, 7) is 0.939. The van der Waals surface area contributed by atoms with Crippen LogP contribution in [-0.2, 0) is 0 Å². The minimum absolute atomic E-state index is 0.592. The van der Waals surface area contributed by atoms with Gasteiger partial charge in [-0.05, 0) is 12.5 Å². The average Bonchev–Trinajstić information content (AvgIpc) is 2.63. The van der Waals surface area contributed by atoms with E-state index >= 15 is 0 Å². The molecule has 0 radical (unpaired) electrons. The third-order valence-corrected chi connectivity index (χ3v) is 2.85. The molecule has 0 atom stereocenters. The van der Waals surface area contributed by atoms with Crippen LogP contribution in [0.3, 0.4) is 0 Å². The number of fused-ring (bicyclic) bond motifs is 3. The number of nitrogens with one attached hydrogen (secondary N) is 1. The Labute approximate surface area is 99.3 Å². The molecule has 2 aromatic rings. The van der Waals surface area contributed by atoms with Crippen LogP contribution < -0.4 is 10.1 Å². The lowest BCUT2D eigenvalue weighted by Crippen LogP contribution is -2.02. The van der Waals surface area contributed by atoms with Crippen molar-refractivity contribution in [2.75, 3.05) is 19.0 Å². The molecule has 0 amide bonds. The highest BCUT2D eigenvalue weighted by Gasteiger charge is 2.10. The van der Waals surface area contributed by atoms with Crippen molar-refractivity contribution < 1.29 is 4.74 Å². The van der Waals surface area contributed by atoms with E-state index in [-0.39, 0.29) is 0 Å². The van der Waals surface area contributed by atoms with E-state index in [4.69, 9.17) is 4.74 Å². The molecule has 0 bridgehead atoms. The molecule has 2 aromatic heterocycles. The minimum Gasteiger partial charge on any atom is -0.481 e. The van der Waals surface area contributed by atoms with Gasteiger partial charge in [-0.3, -0.25) is 0 Å². The predicted molar refractivity (Wildman–Crippen MR) is 68.2 cm³/mol. The van der Waals surface area contributed by atoms with Crippen molar-refractivity contribution in [2.45, 2.75) is 6.42 Å². The van der Waals surface area contributed by atoms with Crippen LogP contribution in [0, 0.1) is 0 Å². The van der Waals surface area contributed by atoms with Gasteiger partial charge in [-0.25, -0.2) is 4.98 Å². The molecule has 0 unspecified atom stereocenters. The largest absolute Gasteiger partial charge is 0.481 e. The molecule has 0 saturated carbocycles. The first-order valence-electron chi connectivity index (χ1n) is 5.62. The van der Waals surface area contributed by atoms with E-state index in [9.17, 15) is 0 Å². The summed E-state index contributed by atoms with van der Waals surface area (Å²) in [6, 6.07) is 3.86. The van der Waals surface area contributed by atoms with Gasteiger partial charge in [-0.2, -0.15) is 4.98 Å². The first kappa shape index (κ1) is 10.1. The van der Waals surface area contributed by atoms with Crippen LogP contribution >= 0.6 is 0 Å². The molecule has 1 aliphatic heterocycles. The second-order valence-corrected chi connectivity index (χ2v) is 3.93. The van der Waals surface area contributed by atoms with Gasteiger partial charge >= 0.3 is 0 Å². The number of rotatable bonds is 1. The zero-order valence-corrected chi connectivity index (χ0v) is 9.60. The zero-order valence-electron chi connectivity index (χ0n) is 9.60. The molecule has 3 heterocycles. The van der Waals surface area contributed by atoms with Gasteiger partial charge in [0.15, 0.2) is 5.65 Å². The van der Waals surface area contributed by atoms with Crippen LogP contribution in [0.25, 0.3) is 17.1 Å². The van der Waals surface area contributed by atoms with Crippen molar-refractivity contribution in [2.24, 2.45) is 0 Å². The highest BCUT2D eigenvalue weighted by atomic mass is 16.5. The Hall–Kier alpha value is -2.10. The van der Waals surface area contributed by atoms with Crippen molar-refractivity contribution in [3.8, 4) is 5.88 Å². The number of hydrogen-bond donors (Lipinski definition) is 1. The normalized spacial score (nSPS) is 13.9. The predicted octanol–water partition coefficient (Wildman–Crippen LogP) is 2.47. The van der Waals surface area contributed by atoms with Crippen LogP contribution in [0.4, 0.5) is 5.69 Å². The first-order chi connectivity index (χ1) is 8.38. The molecule has 0 aromatic carbocycles. The standard InChI is InChI=1S/C13H13N3O/c1-17-11-6-5-10-12-9(4-2-3-7-14-12)8-15-13(10)16-11/h2,4-6,8,14H,3,7H2,1H3. The maximum absolute atomic E-state index is 5.11. The summed E-state index contributed by atoms with van der Waals surface area (Å²) in [6.07, 6.45) is 7.13. The number of nitrogens with zero attached hydrogens (tertiary/aromatic N) is 2. The van der Waals surface area contributed by atoms with Crippen molar-refractivity contribution in [1.29, 1.82) is 0 Å². The van der Waals surface area contributed by atoms with E-state index in [2.05, 4.69) is 27.4 Å². The second kappa shape index (κ2) is 4.05. The number of methoxy groups -OCH3 is 1. The van der Waals surface area contributed by atoms with Crippen LogP contribution in [0.1, 0.15) is 12.0 Å². The van der Waals surface area contributed by atoms with E-state index in [1.807, 2.05) is 18.3 Å². The molecular weight excluding hydrogens is 214 g/mol. The molecule has 0 saturated heterocycles. The fourth-order valence-corrected chi connectivity index (χ4v) is 2.00. The van der Waals surface area contributed by atoms with E-state index in [1.165, 1.54) is 0 Å². The third kappa shape index (κ3) is 1.71. The molecule has 1 N–H and O–H groups in total. The van der Waals surface area contributed by atoms with Crippen molar-refractivity contribution >= 4 is 22.8 Å². The number of pyridine rings is 2. The third-order valence-electron chi connectivity index (χ3n) is 2.85. The van der Waals surface area contributed by atoms with Crippen LogP contribution in [0.15, 0.2) is 24.4 Å². The van der Waals surface area contributed by atoms with Crippen LogP contribution in [0.5, 0.6) is 5.88 Å². The Balaban J connectivity index is 2.24. The summed E-state index contributed by atoms with van der Waals surface area (Å²) in [5.74, 6) is 0.592. The van der Waals surface area contributed by atoms with Crippen LogP contribution in [0.2, 0.25) is 0 Å². The van der Waals surface area contributed by atoms with Crippen molar-refractivity contribution in [3.05, 3.63) is 30.0 Å². The lowest BCUT2D eigenvalue weighted by atomic mass is 10.1. The topological polar surface area (TPSA) is 47.0 Å². The molecule has 0 aliphatic carbocycles. The smallest absolute Gasteiger partial charge is 0.215 e. The molecule has 4 nitrogen and oxygen atoms in total. The Morgan fingerprint density at radius 2 is 2.29 bits per heavy atom. The van der Waals surface area contributed by atoms with Crippen molar-refractivity contribution in [3.63, 3.8) is 0 Å². The minimum atomic E-state index is 0.592. The number of aromatic nitrogens is 2. The number of anilines is 1. The summed E-state index contributed by atoms with van der Waals surface area (Å²) < 4.78 is 5.11. The molecule has 17 heavy (non-hydrogen) atoms. The Kier molecular flexibility index (Phi) is 2.40. The summed E-state index contributed by atoms with van der Waals surface area (Å²) in [4.78, 5) is 8.70. The Morgan fingerprint density at radius 1 is 1.35 bits per heavy atom. The SMILES string of the molecule is COc1ccc2c3c(cnc2n1)C=CCCN3. The highest BCUT2D eigenvalue weighted by molar-refractivity contribution is 5.94. The zero-order chi connectivity index (χ0) is 11.7. The quantitative estimate of drug-likeness (QED) is 0.813. The summed E-state index contributed by atoms with van der Waals surface area (Å²) >= 11 is 0. The molecular formula is C13H13N3O.